The van der Waals surface area contributed by atoms with E-state index < -0.39 is 15.0 Å². The largest absolute Gasteiger partial charge is 0.393 e. The van der Waals surface area contributed by atoms with Crippen molar-refractivity contribution >= 4 is 49.1 Å². The summed E-state index contributed by atoms with van der Waals surface area (Å²) in [6, 6.07) is 11.6. The molecule has 0 spiro atoms. The van der Waals surface area contributed by atoms with E-state index in [1.165, 1.54) is 36.4 Å². The fraction of sp³-hybridized carbons (Fsp3) is 0.158. The van der Waals surface area contributed by atoms with Crippen LogP contribution in [0.2, 0.25) is 0 Å². The van der Waals surface area contributed by atoms with Crippen LogP contribution in [0.15, 0.2) is 57.9 Å². The number of hydrogen-bond donors (Lipinski definition) is 2. The maximum absolute atomic E-state index is 12.6. The first-order valence-corrected chi connectivity index (χ1v) is 11.3. The van der Waals surface area contributed by atoms with Gasteiger partial charge >= 0.3 is 10.1 Å². The van der Waals surface area contributed by atoms with Gasteiger partial charge in [0.1, 0.15) is 10.6 Å². The highest BCUT2D eigenvalue weighted by Gasteiger charge is 2.19. The van der Waals surface area contributed by atoms with E-state index in [4.69, 9.17) is 9.92 Å². The smallest absolute Gasteiger partial charge is 0.340 e. The Balaban J connectivity index is 1.93. The van der Waals surface area contributed by atoms with Gasteiger partial charge in [0, 0.05) is 28.0 Å². The minimum absolute atomic E-state index is 0.0146. The van der Waals surface area contributed by atoms with Crippen LogP contribution in [0.5, 0.6) is 5.88 Å². The second-order valence-corrected chi connectivity index (χ2v) is 8.88. The van der Waals surface area contributed by atoms with Gasteiger partial charge in [-0.15, -0.1) is 0 Å². The molecule has 1 aromatic heterocycles. The van der Waals surface area contributed by atoms with Gasteiger partial charge in [-0.05, 0) is 42.8 Å². The van der Waals surface area contributed by atoms with E-state index in [2.05, 4.69) is 31.2 Å². The quantitative estimate of drug-likeness (QED) is 0.198. The molecular weight excluding hydrogens is 490 g/mol. The molecule has 10 nitrogen and oxygen atoms in total. The van der Waals surface area contributed by atoms with E-state index >= 15 is 0 Å². The summed E-state index contributed by atoms with van der Waals surface area (Å²) in [5.41, 5.74) is 6.22. The molecule has 0 aliphatic heterocycles. The van der Waals surface area contributed by atoms with Crippen molar-refractivity contribution in [2.75, 3.05) is 11.1 Å². The first kappa shape index (κ1) is 22.4. The van der Waals surface area contributed by atoms with Crippen LogP contribution in [0.25, 0.3) is 0 Å². The molecule has 3 rings (SSSR count). The number of nitro groups is 1. The molecule has 0 bridgehead atoms. The molecule has 0 fully saturated rings. The highest BCUT2D eigenvalue weighted by Crippen LogP contribution is 2.27. The lowest BCUT2D eigenvalue weighted by Gasteiger charge is -2.11. The molecule has 0 aliphatic rings. The lowest BCUT2D eigenvalue weighted by molar-refractivity contribution is -0.383. The summed E-state index contributed by atoms with van der Waals surface area (Å²) in [7, 11) is -4.12. The van der Waals surface area contributed by atoms with Gasteiger partial charge < -0.3 is 15.2 Å². The van der Waals surface area contributed by atoms with Crippen molar-refractivity contribution in [2.24, 2.45) is 0 Å². The van der Waals surface area contributed by atoms with Crippen LogP contribution in [0.1, 0.15) is 19.0 Å². The number of nitrogens with two attached hydrogens (primary N) is 1. The zero-order valence-corrected chi connectivity index (χ0v) is 18.7. The van der Waals surface area contributed by atoms with E-state index in [9.17, 15) is 18.5 Å². The van der Waals surface area contributed by atoms with Gasteiger partial charge in [-0.1, -0.05) is 29.3 Å². The number of aromatic nitrogens is 2. The van der Waals surface area contributed by atoms with Crippen molar-refractivity contribution in [1.82, 2.24) is 9.97 Å². The average Bonchev–Trinajstić information content (AvgIpc) is 2.69. The van der Waals surface area contributed by atoms with Crippen molar-refractivity contribution in [3.05, 3.63) is 68.8 Å². The van der Waals surface area contributed by atoms with Crippen LogP contribution in [-0.2, 0) is 16.5 Å². The molecule has 0 aliphatic carbocycles. The van der Waals surface area contributed by atoms with E-state index in [0.717, 1.165) is 10.9 Å². The van der Waals surface area contributed by atoms with Gasteiger partial charge in [0.15, 0.2) is 0 Å². The molecule has 31 heavy (non-hydrogen) atoms. The van der Waals surface area contributed by atoms with Gasteiger partial charge in [0.25, 0.3) is 5.69 Å². The van der Waals surface area contributed by atoms with Gasteiger partial charge in [0.2, 0.25) is 11.8 Å². The van der Waals surface area contributed by atoms with Crippen molar-refractivity contribution < 1.29 is 17.5 Å². The lowest BCUT2D eigenvalue weighted by Crippen LogP contribution is -2.12. The van der Waals surface area contributed by atoms with E-state index in [1.54, 1.807) is 12.1 Å². The zero-order valence-electron chi connectivity index (χ0n) is 16.3. The summed E-state index contributed by atoms with van der Waals surface area (Å²) in [5, 5.41) is 13.9. The number of benzene rings is 2. The normalized spacial score (nSPS) is 11.2. The molecule has 162 valence electrons. The molecule has 3 N–H and O–H groups in total. The Morgan fingerprint density at radius 3 is 2.52 bits per heavy atom. The summed E-state index contributed by atoms with van der Waals surface area (Å²) < 4.78 is 31.1. The fourth-order valence-electron chi connectivity index (χ4n) is 2.63. The Kier molecular flexibility index (Phi) is 6.71. The summed E-state index contributed by atoms with van der Waals surface area (Å²) in [5.74, 6) is -0.139. The van der Waals surface area contributed by atoms with E-state index in [0.29, 0.717) is 17.8 Å². The standard InChI is InChI=1S/C19H18BrN5O5S/c1-2-3-13-11-18(30-31(28,29)15-7-4-12(20)5-8-15)24-19(22-13)23-14-6-9-16(21)17(10-14)25(26)27/h4-11H,2-3,21H2,1H3,(H,22,23,24). The lowest BCUT2D eigenvalue weighted by atomic mass is 10.2. The van der Waals surface area contributed by atoms with E-state index in [1.807, 2.05) is 6.92 Å². The molecule has 0 amide bonds. The highest BCUT2D eigenvalue weighted by molar-refractivity contribution is 9.10. The van der Waals surface area contributed by atoms with Crippen molar-refractivity contribution in [3.63, 3.8) is 0 Å². The van der Waals surface area contributed by atoms with E-state index in [-0.39, 0.29) is 28.1 Å². The predicted octanol–water partition coefficient (Wildman–Crippen LogP) is 4.19. The summed E-state index contributed by atoms with van der Waals surface area (Å²) >= 11 is 3.25. The maximum atomic E-state index is 12.6. The monoisotopic (exact) mass is 507 g/mol. The number of nitrogens with one attached hydrogen (secondary N) is 1. The Hall–Kier alpha value is -3.25. The number of nitrogens with zero attached hydrogens (tertiary/aromatic N) is 3. The molecule has 0 saturated carbocycles. The number of hydrogen-bond acceptors (Lipinski definition) is 9. The molecule has 12 heteroatoms. The van der Waals surface area contributed by atoms with Gasteiger partial charge in [-0.2, -0.15) is 13.4 Å². The molecular formula is C19H18BrN5O5S. The number of nitro benzene ring substituents is 1. The third-order valence-corrected chi connectivity index (χ3v) is 5.81. The fourth-order valence-corrected chi connectivity index (χ4v) is 3.77. The molecule has 0 saturated heterocycles. The van der Waals surface area contributed by atoms with Gasteiger partial charge in [-0.25, -0.2) is 4.98 Å². The Labute approximate surface area is 186 Å². The zero-order chi connectivity index (χ0) is 22.6. The van der Waals surface area contributed by atoms with Crippen molar-refractivity contribution in [3.8, 4) is 5.88 Å². The maximum Gasteiger partial charge on any atom is 0.340 e. The topological polar surface area (TPSA) is 150 Å². The number of halogens is 1. The van der Waals surface area contributed by atoms with Crippen LogP contribution in [-0.4, -0.2) is 23.3 Å². The average molecular weight is 508 g/mol. The Morgan fingerprint density at radius 1 is 1.16 bits per heavy atom. The number of aryl methyl sites for hydroxylation is 1. The summed E-state index contributed by atoms with van der Waals surface area (Å²) in [6.45, 7) is 1.94. The number of rotatable bonds is 8. The predicted molar refractivity (Wildman–Crippen MR) is 119 cm³/mol. The SMILES string of the molecule is CCCc1cc(OS(=O)(=O)c2ccc(Br)cc2)nc(Nc2ccc(N)c([N+](=O)[O-])c2)n1. The van der Waals surface area contributed by atoms with Gasteiger partial charge in [-0.3, -0.25) is 10.1 Å². The second-order valence-electron chi connectivity index (χ2n) is 6.42. The minimum Gasteiger partial charge on any atom is -0.393 e. The molecule has 1 heterocycles. The molecule has 0 unspecified atom stereocenters. The van der Waals surface area contributed by atoms with Crippen molar-refractivity contribution in [1.29, 1.82) is 0 Å². The first-order chi connectivity index (χ1) is 14.7. The third kappa shape index (κ3) is 5.67. The van der Waals surface area contributed by atoms with Crippen LogP contribution in [0.3, 0.4) is 0 Å². The third-order valence-electron chi connectivity index (χ3n) is 4.04. The van der Waals surface area contributed by atoms with Crippen molar-refractivity contribution in [2.45, 2.75) is 24.7 Å². The number of nitrogen functional groups attached to an aromatic ring is 1. The van der Waals surface area contributed by atoms with Crippen LogP contribution < -0.4 is 15.2 Å². The van der Waals surface area contributed by atoms with Crippen LogP contribution >= 0.6 is 15.9 Å². The molecule has 0 atom stereocenters. The molecule has 2 aromatic carbocycles. The number of anilines is 3. The summed E-state index contributed by atoms with van der Waals surface area (Å²) in [4.78, 5) is 18.9. The van der Waals surface area contributed by atoms with Crippen LogP contribution in [0.4, 0.5) is 23.0 Å². The molecule has 0 radical (unpaired) electrons. The first-order valence-electron chi connectivity index (χ1n) is 9.07. The molecule has 3 aromatic rings. The Bertz CT molecular complexity index is 1220. The van der Waals surface area contributed by atoms with Crippen LogP contribution in [0, 0.1) is 10.1 Å². The minimum atomic E-state index is -4.12. The van der Waals surface area contributed by atoms with Gasteiger partial charge in [0.05, 0.1) is 4.92 Å². The highest BCUT2D eigenvalue weighted by atomic mass is 79.9. The Morgan fingerprint density at radius 2 is 1.87 bits per heavy atom. The summed E-state index contributed by atoms with van der Waals surface area (Å²) in [6.07, 6.45) is 1.30. The second kappa shape index (κ2) is 9.27.